The summed E-state index contributed by atoms with van der Waals surface area (Å²) < 4.78 is 5.11. The largest absolute Gasteiger partial charge is 0.481 e. The molecule has 18 heteroatoms. The van der Waals surface area contributed by atoms with Crippen molar-refractivity contribution in [3.63, 3.8) is 0 Å². The third-order valence-corrected chi connectivity index (χ3v) is 7.79. The van der Waals surface area contributed by atoms with Gasteiger partial charge in [-0.25, -0.2) is 58.7 Å². The van der Waals surface area contributed by atoms with Gasteiger partial charge in [0.2, 0.25) is 0 Å². The zero-order valence-electron chi connectivity index (χ0n) is 36.3. The maximum absolute atomic E-state index is 11.5. The molecule has 0 bridgehead atoms. The molecule has 0 fully saturated rings. The van der Waals surface area contributed by atoms with Crippen molar-refractivity contribution in [2.75, 3.05) is 92.5 Å². The van der Waals surface area contributed by atoms with Crippen LogP contribution in [0, 0.1) is 17.3 Å². The fourth-order valence-electron chi connectivity index (χ4n) is 3.16. The summed E-state index contributed by atoms with van der Waals surface area (Å²) in [5.74, 6) is -0.781. The van der Waals surface area contributed by atoms with Crippen molar-refractivity contribution in [3.8, 4) is 0 Å². The number of rotatable bonds is 40. The lowest BCUT2D eigenvalue weighted by atomic mass is 9.84. The normalized spacial score (nSPS) is 12.2. The standard InChI is InChI=1S/C26H52O15.C8H16O.C5H10O2/c1-3-25(2)26(28)29-12-5-14-31-33-16-7-18-35-37-20-9-22-39-41-24-10-23-40-38-21-8-19-36-34-17-6-15-32-30-13-4-11-27;1-5-7(9)8(3,4)6-2;1-3-4(2)5(6)7/h25,27H,3-24H2,1-2H3;5-6H2,1-4H3;4H,3H2,1-2H3,(H,6,7). The molecule has 0 aliphatic carbocycles. The second-order valence-corrected chi connectivity index (χ2v) is 13.2. The Morgan fingerprint density at radius 2 is 0.754 bits per heavy atom. The predicted molar refractivity (Wildman–Crippen MR) is 208 cm³/mol. The molecule has 0 saturated carbocycles. The first kappa shape index (κ1) is 59.4. The molecule has 0 rings (SSSR count). The Hall–Kier alpha value is -1.91. The van der Waals surface area contributed by atoms with Gasteiger partial charge in [-0.2, -0.15) is 0 Å². The van der Waals surface area contributed by atoms with Gasteiger partial charge in [-0.15, -0.1) is 0 Å². The molecule has 57 heavy (non-hydrogen) atoms. The number of ether oxygens (including phenoxy) is 1. The maximum atomic E-state index is 11.5. The molecule has 0 aromatic rings. The summed E-state index contributed by atoms with van der Waals surface area (Å²) in [5.41, 5.74) is -0.0885. The summed E-state index contributed by atoms with van der Waals surface area (Å²) in [5, 5.41) is 16.8. The number of esters is 1. The highest BCUT2D eigenvalue weighted by Crippen LogP contribution is 2.21. The minimum atomic E-state index is -0.706. The van der Waals surface area contributed by atoms with Crippen LogP contribution in [-0.2, 0) is 77.8 Å². The van der Waals surface area contributed by atoms with Crippen LogP contribution in [0.1, 0.15) is 126 Å². The molecule has 0 aliphatic heterocycles. The van der Waals surface area contributed by atoms with E-state index in [2.05, 4.69) is 0 Å². The van der Waals surface area contributed by atoms with Crippen molar-refractivity contribution in [2.45, 2.75) is 126 Å². The van der Waals surface area contributed by atoms with Gasteiger partial charge in [0.05, 0.1) is 97.7 Å². The molecule has 0 aromatic heterocycles. The monoisotopic (exact) mass is 835 g/mol. The first-order valence-electron chi connectivity index (χ1n) is 20.4. The number of hydrogen-bond donors (Lipinski definition) is 2. The Morgan fingerprint density at radius 1 is 0.474 bits per heavy atom. The van der Waals surface area contributed by atoms with Gasteiger partial charge in [0, 0.05) is 57.0 Å². The van der Waals surface area contributed by atoms with Crippen LogP contribution in [0.5, 0.6) is 0 Å². The number of carboxylic acid groups (broad SMARTS) is 1. The van der Waals surface area contributed by atoms with Crippen molar-refractivity contribution < 1.29 is 88.0 Å². The Balaban J connectivity index is -0.00000150. The molecule has 342 valence electrons. The lowest BCUT2D eigenvalue weighted by Crippen LogP contribution is -2.21. The summed E-state index contributed by atoms with van der Waals surface area (Å²) in [6, 6.07) is 0. The topological polar surface area (TPSA) is 212 Å². The van der Waals surface area contributed by atoms with E-state index in [0.717, 1.165) is 19.3 Å². The van der Waals surface area contributed by atoms with Crippen molar-refractivity contribution >= 4 is 17.7 Å². The van der Waals surface area contributed by atoms with Gasteiger partial charge >= 0.3 is 11.9 Å². The van der Waals surface area contributed by atoms with E-state index in [-0.39, 0.29) is 29.8 Å². The first-order chi connectivity index (χ1) is 27.4. The number of ketones is 1. The molecular formula is C39H78O18. The lowest BCUT2D eigenvalue weighted by Gasteiger charge is -2.19. The molecule has 18 nitrogen and oxygen atoms in total. The highest BCUT2D eigenvalue weighted by Gasteiger charge is 2.22. The highest BCUT2D eigenvalue weighted by molar-refractivity contribution is 5.83. The number of carboxylic acids is 1. The number of aliphatic hydroxyl groups is 1. The highest BCUT2D eigenvalue weighted by atomic mass is 17.2. The number of carbonyl (C=O) groups excluding carboxylic acids is 2. The average Bonchev–Trinajstić information content (AvgIpc) is 3.21. The van der Waals surface area contributed by atoms with Crippen molar-refractivity contribution in [1.29, 1.82) is 0 Å². The van der Waals surface area contributed by atoms with E-state index in [0.29, 0.717) is 143 Å². The minimum absolute atomic E-state index is 0.0768. The van der Waals surface area contributed by atoms with Gasteiger partial charge in [-0.3, -0.25) is 14.4 Å². The Bertz CT molecular complexity index is 863. The smallest absolute Gasteiger partial charge is 0.308 e. The second-order valence-electron chi connectivity index (χ2n) is 13.2. The number of Topliss-reactive ketones (excluding diaryl/α,β-unsaturated/α-hetero) is 1. The Labute approximate surface area is 341 Å². The van der Waals surface area contributed by atoms with Gasteiger partial charge in [-0.05, 0) is 25.7 Å². The summed E-state index contributed by atoms with van der Waals surface area (Å²) >= 11 is 0. The van der Waals surface area contributed by atoms with Gasteiger partial charge in [0.1, 0.15) is 5.78 Å². The van der Waals surface area contributed by atoms with Crippen LogP contribution in [0.2, 0.25) is 0 Å². The summed E-state index contributed by atoms with van der Waals surface area (Å²) in [6.45, 7) is 20.2. The molecule has 0 heterocycles. The van der Waals surface area contributed by atoms with Crippen LogP contribution in [0.3, 0.4) is 0 Å². The molecular weight excluding hydrogens is 756 g/mol. The van der Waals surface area contributed by atoms with E-state index < -0.39 is 5.97 Å². The Kier molecular flexibility index (Phi) is 48.7. The fraction of sp³-hybridized carbons (Fsp3) is 0.923. The predicted octanol–water partition coefficient (Wildman–Crippen LogP) is 6.51. The van der Waals surface area contributed by atoms with E-state index in [1.54, 1.807) is 6.92 Å². The van der Waals surface area contributed by atoms with Crippen LogP contribution >= 0.6 is 0 Å². The third-order valence-electron chi connectivity index (χ3n) is 7.79. The molecule has 0 aromatic carbocycles. The van der Waals surface area contributed by atoms with Gasteiger partial charge < -0.3 is 14.9 Å². The van der Waals surface area contributed by atoms with Gasteiger partial charge in [-0.1, -0.05) is 55.4 Å². The zero-order chi connectivity index (χ0) is 43.3. The van der Waals surface area contributed by atoms with E-state index in [4.69, 9.17) is 73.6 Å². The van der Waals surface area contributed by atoms with E-state index in [1.165, 1.54) is 0 Å². The van der Waals surface area contributed by atoms with Gasteiger partial charge in [0.15, 0.2) is 0 Å². The number of aliphatic carboxylic acids is 1. The SMILES string of the molecule is CCC(=O)C(C)(C)CC.CCC(C)C(=O)O.CCC(C)C(=O)OCCCOOCCCOOCCCOOCCCOOCCCOOCCCOOCCCO. The number of carbonyl (C=O) groups is 3. The first-order valence-corrected chi connectivity index (χ1v) is 20.4. The molecule has 2 N–H and O–H groups in total. The van der Waals surface area contributed by atoms with E-state index in [1.807, 2.05) is 48.5 Å². The molecule has 2 atom stereocenters. The van der Waals surface area contributed by atoms with Crippen LogP contribution in [0.4, 0.5) is 0 Å². The molecule has 0 saturated heterocycles. The van der Waals surface area contributed by atoms with Crippen LogP contribution in [0.25, 0.3) is 0 Å². The van der Waals surface area contributed by atoms with Crippen molar-refractivity contribution in [2.24, 2.45) is 17.3 Å². The minimum Gasteiger partial charge on any atom is -0.481 e. The van der Waals surface area contributed by atoms with Crippen molar-refractivity contribution in [1.82, 2.24) is 0 Å². The molecule has 0 amide bonds. The Morgan fingerprint density at radius 3 is 0.947 bits per heavy atom. The fourth-order valence-corrected chi connectivity index (χ4v) is 3.16. The number of aliphatic hydroxyl groups excluding tert-OH is 1. The molecule has 0 aliphatic rings. The van der Waals surface area contributed by atoms with Crippen molar-refractivity contribution in [3.05, 3.63) is 0 Å². The summed E-state index contributed by atoms with van der Waals surface area (Å²) in [4.78, 5) is 92.4. The van der Waals surface area contributed by atoms with Gasteiger partial charge in [0.25, 0.3) is 0 Å². The quantitative estimate of drug-likeness (QED) is 0.0292. The molecule has 0 radical (unpaired) electrons. The molecule has 0 spiro atoms. The zero-order valence-corrected chi connectivity index (χ0v) is 36.3. The average molecular weight is 835 g/mol. The van der Waals surface area contributed by atoms with Crippen LogP contribution in [0.15, 0.2) is 0 Å². The summed E-state index contributed by atoms with van der Waals surface area (Å²) in [7, 11) is 0. The number of hydrogen-bond acceptors (Lipinski definition) is 17. The van der Waals surface area contributed by atoms with E-state index in [9.17, 15) is 14.4 Å². The van der Waals surface area contributed by atoms with E-state index >= 15 is 0 Å². The maximum Gasteiger partial charge on any atom is 0.308 e. The van der Waals surface area contributed by atoms with Crippen LogP contribution < -0.4 is 0 Å². The van der Waals surface area contributed by atoms with Crippen LogP contribution in [-0.4, -0.2) is 120 Å². The summed E-state index contributed by atoms with van der Waals surface area (Å²) in [6.07, 6.45) is 7.30. The third kappa shape index (κ3) is 46.7. The second kappa shape index (κ2) is 46.8. The lowest BCUT2D eigenvalue weighted by molar-refractivity contribution is -0.330. The molecule has 2 unspecified atom stereocenters.